The van der Waals surface area contributed by atoms with Crippen molar-refractivity contribution in [3.63, 3.8) is 0 Å². The predicted molar refractivity (Wildman–Crippen MR) is 98.2 cm³/mol. The molecule has 0 saturated carbocycles. The molecule has 0 heterocycles. The third-order valence-corrected chi connectivity index (χ3v) is 4.64. The van der Waals surface area contributed by atoms with Gasteiger partial charge in [-0.15, -0.1) is 0 Å². The predicted octanol–water partition coefficient (Wildman–Crippen LogP) is 4.19. The Morgan fingerprint density at radius 2 is 1.54 bits per heavy atom. The van der Waals surface area contributed by atoms with E-state index in [4.69, 9.17) is 10.5 Å². The first-order valence-electron chi connectivity index (χ1n) is 8.36. The number of aromatic hydroxyl groups is 1. The summed E-state index contributed by atoms with van der Waals surface area (Å²) in [5.74, 6) is -0.229. The maximum absolute atomic E-state index is 12.1. The van der Waals surface area contributed by atoms with Crippen LogP contribution in [0, 0.1) is 5.41 Å². The molecule has 24 heavy (non-hydrogen) atoms. The van der Waals surface area contributed by atoms with Crippen molar-refractivity contribution in [2.24, 2.45) is 11.1 Å². The molecule has 1 aromatic rings. The van der Waals surface area contributed by atoms with Crippen LogP contribution in [0.2, 0.25) is 0 Å². The quantitative estimate of drug-likeness (QED) is 0.813. The molecule has 0 aromatic heterocycles. The molecule has 4 heteroatoms. The van der Waals surface area contributed by atoms with Gasteiger partial charge in [-0.1, -0.05) is 47.6 Å². The molecule has 1 atom stereocenters. The lowest BCUT2D eigenvalue weighted by Gasteiger charge is -2.33. The van der Waals surface area contributed by atoms with Crippen LogP contribution in [0.4, 0.5) is 0 Å². The largest absolute Gasteiger partial charge is 0.507 e. The average molecular weight is 335 g/mol. The number of esters is 1. The summed E-state index contributed by atoms with van der Waals surface area (Å²) in [6.07, 6.45) is 0. The Labute approximate surface area is 146 Å². The Kier molecular flexibility index (Phi) is 5.46. The molecule has 0 bridgehead atoms. The fourth-order valence-electron chi connectivity index (χ4n) is 2.68. The van der Waals surface area contributed by atoms with Crippen LogP contribution < -0.4 is 5.73 Å². The van der Waals surface area contributed by atoms with Crippen LogP contribution in [-0.4, -0.2) is 18.2 Å². The van der Waals surface area contributed by atoms with E-state index in [0.717, 1.165) is 11.1 Å². The zero-order valence-corrected chi connectivity index (χ0v) is 16.6. The number of methoxy groups -OCH3 is 1. The van der Waals surface area contributed by atoms with Crippen molar-refractivity contribution in [1.29, 1.82) is 0 Å². The first-order valence-corrected chi connectivity index (χ1v) is 8.36. The van der Waals surface area contributed by atoms with Crippen molar-refractivity contribution in [1.82, 2.24) is 0 Å². The molecule has 1 rings (SSSR count). The fourth-order valence-corrected chi connectivity index (χ4v) is 2.68. The number of nitrogens with two attached hydrogens (primary N) is 1. The number of rotatable bonds is 3. The summed E-state index contributed by atoms with van der Waals surface area (Å²) in [4.78, 5) is 12.1. The van der Waals surface area contributed by atoms with Gasteiger partial charge in [-0.2, -0.15) is 0 Å². The summed E-state index contributed by atoms with van der Waals surface area (Å²) in [6.45, 7) is 16.0. The minimum atomic E-state index is -0.947. The monoisotopic (exact) mass is 335 g/mol. The summed E-state index contributed by atoms with van der Waals surface area (Å²) in [7, 11) is 1.35. The first kappa shape index (κ1) is 20.5. The van der Waals surface area contributed by atoms with E-state index in [1.807, 2.05) is 12.1 Å². The van der Waals surface area contributed by atoms with E-state index in [2.05, 4.69) is 41.5 Å². The number of phenolic OH excluding ortho intramolecular Hbond substituents is 1. The molecule has 0 aliphatic heterocycles. The van der Waals surface area contributed by atoms with Gasteiger partial charge in [0, 0.05) is 11.6 Å². The highest BCUT2D eigenvalue weighted by atomic mass is 16.5. The highest BCUT2D eigenvalue weighted by molar-refractivity contribution is 5.77. The normalized spacial score (nSPS) is 14.4. The van der Waals surface area contributed by atoms with Gasteiger partial charge in [0.25, 0.3) is 0 Å². The lowest BCUT2D eigenvalue weighted by Crippen LogP contribution is -2.37. The Morgan fingerprint density at radius 3 is 1.92 bits per heavy atom. The van der Waals surface area contributed by atoms with Gasteiger partial charge < -0.3 is 15.6 Å². The van der Waals surface area contributed by atoms with Crippen LogP contribution in [0.1, 0.15) is 78.1 Å². The van der Waals surface area contributed by atoms with Crippen molar-refractivity contribution in [2.45, 2.75) is 72.3 Å². The molecule has 0 saturated heterocycles. The zero-order valence-electron chi connectivity index (χ0n) is 16.6. The lowest BCUT2D eigenvalue weighted by molar-refractivity contribution is -0.152. The molecule has 3 N–H and O–H groups in total. The topological polar surface area (TPSA) is 72.5 Å². The van der Waals surface area contributed by atoms with E-state index in [1.54, 1.807) is 13.8 Å². The average Bonchev–Trinajstić information content (AvgIpc) is 2.43. The molecular weight excluding hydrogens is 302 g/mol. The molecular formula is C20H33NO3. The lowest BCUT2D eigenvalue weighted by atomic mass is 9.74. The SMILES string of the molecule is COC(=O)C(C)(C)[C@H](N)c1cc(C(C)(C)C)cc(C(C)(C)C)c1O. The van der Waals surface area contributed by atoms with E-state index in [9.17, 15) is 9.90 Å². The molecule has 136 valence electrons. The van der Waals surface area contributed by atoms with Gasteiger partial charge in [0.05, 0.1) is 12.5 Å². The van der Waals surface area contributed by atoms with E-state index >= 15 is 0 Å². The van der Waals surface area contributed by atoms with Crippen LogP contribution >= 0.6 is 0 Å². The summed E-state index contributed by atoms with van der Waals surface area (Å²) in [6, 6.07) is 3.28. The number of phenols is 1. The number of hydrogen-bond donors (Lipinski definition) is 2. The Hall–Kier alpha value is -1.55. The minimum Gasteiger partial charge on any atom is -0.507 e. The van der Waals surface area contributed by atoms with Gasteiger partial charge in [-0.05, 0) is 41.9 Å². The van der Waals surface area contributed by atoms with Crippen LogP contribution in [0.25, 0.3) is 0 Å². The van der Waals surface area contributed by atoms with Crippen LogP contribution in [0.5, 0.6) is 5.75 Å². The van der Waals surface area contributed by atoms with Gasteiger partial charge in [0.1, 0.15) is 5.75 Å². The van der Waals surface area contributed by atoms with E-state index in [1.165, 1.54) is 7.11 Å². The Morgan fingerprint density at radius 1 is 1.04 bits per heavy atom. The standard InChI is InChI=1S/C20H33NO3/c1-18(2,3)12-10-13(15(22)14(11-12)19(4,5)6)16(21)20(7,8)17(23)24-9/h10-11,16,22H,21H2,1-9H3/t16-/m1/s1. The summed E-state index contributed by atoms with van der Waals surface area (Å²) in [5, 5.41) is 10.9. The highest BCUT2D eigenvalue weighted by Crippen LogP contribution is 2.43. The molecule has 0 radical (unpaired) electrons. The number of carbonyl (C=O) groups is 1. The molecule has 0 spiro atoms. The van der Waals surface area contributed by atoms with Crippen LogP contribution in [-0.2, 0) is 20.4 Å². The van der Waals surface area contributed by atoms with Crippen molar-refractivity contribution >= 4 is 5.97 Å². The van der Waals surface area contributed by atoms with Crippen molar-refractivity contribution in [2.75, 3.05) is 7.11 Å². The number of carbonyl (C=O) groups excluding carboxylic acids is 1. The van der Waals surface area contributed by atoms with Crippen LogP contribution in [0.3, 0.4) is 0 Å². The molecule has 1 aromatic carbocycles. The molecule has 0 amide bonds. The van der Waals surface area contributed by atoms with Gasteiger partial charge >= 0.3 is 5.97 Å². The summed E-state index contributed by atoms with van der Waals surface area (Å²) >= 11 is 0. The second-order valence-corrected chi connectivity index (χ2v) is 9.15. The van der Waals surface area contributed by atoms with E-state index in [-0.39, 0.29) is 16.6 Å². The third kappa shape index (κ3) is 3.92. The third-order valence-electron chi connectivity index (χ3n) is 4.64. The van der Waals surface area contributed by atoms with Crippen molar-refractivity contribution < 1.29 is 14.6 Å². The molecule has 4 nitrogen and oxygen atoms in total. The van der Waals surface area contributed by atoms with Gasteiger partial charge in [0.2, 0.25) is 0 Å². The number of benzene rings is 1. The smallest absolute Gasteiger partial charge is 0.313 e. The zero-order chi connectivity index (χ0) is 19.1. The van der Waals surface area contributed by atoms with Gasteiger partial charge in [-0.3, -0.25) is 4.79 Å². The van der Waals surface area contributed by atoms with E-state index < -0.39 is 17.4 Å². The highest BCUT2D eigenvalue weighted by Gasteiger charge is 2.39. The van der Waals surface area contributed by atoms with Gasteiger partial charge in [-0.25, -0.2) is 0 Å². The number of hydrogen-bond acceptors (Lipinski definition) is 4. The van der Waals surface area contributed by atoms with Gasteiger partial charge in [0.15, 0.2) is 0 Å². The first-order chi connectivity index (χ1) is 10.6. The maximum Gasteiger partial charge on any atom is 0.313 e. The molecule has 0 aliphatic rings. The van der Waals surface area contributed by atoms with Crippen LogP contribution in [0.15, 0.2) is 12.1 Å². The Bertz CT molecular complexity index is 619. The Balaban J connectivity index is 3.66. The molecule has 0 aliphatic carbocycles. The number of ether oxygens (including phenoxy) is 1. The maximum atomic E-state index is 12.1. The molecule has 0 unspecified atom stereocenters. The summed E-state index contributed by atoms with van der Waals surface area (Å²) in [5.41, 5.74) is 7.63. The van der Waals surface area contributed by atoms with E-state index in [0.29, 0.717) is 5.56 Å². The second-order valence-electron chi connectivity index (χ2n) is 9.15. The van der Waals surface area contributed by atoms with Crippen molar-refractivity contribution in [3.8, 4) is 5.75 Å². The minimum absolute atomic E-state index is 0.0996. The molecule has 0 fully saturated rings. The summed E-state index contributed by atoms with van der Waals surface area (Å²) < 4.78 is 4.89. The second kappa shape index (κ2) is 6.40. The van der Waals surface area contributed by atoms with Crippen molar-refractivity contribution in [3.05, 3.63) is 28.8 Å². The fraction of sp³-hybridized carbons (Fsp3) is 0.650.